The summed E-state index contributed by atoms with van der Waals surface area (Å²) in [5, 5.41) is 7.86. The molecule has 0 radical (unpaired) electrons. The standard InChI is InChI=1S/C4H6O3.C2H5.K/c1-3(5)2-4(6)7;1-2;/h2H2,1H3,(H,6,7);1H2,2H3;/q;-1;+1. The molecule has 0 aromatic rings. The van der Waals surface area contributed by atoms with Gasteiger partial charge in [0.1, 0.15) is 12.2 Å². The molecule has 0 atom stereocenters. The SMILES string of the molecule is CC(=O)CC(=O)O.[CH2-]C.[K+]. The second kappa shape index (κ2) is 12.5. The molecule has 0 bridgehead atoms. The topological polar surface area (TPSA) is 54.4 Å². The first-order chi connectivity index (χ1) is 4.13. The number of Topliss-reactive ketones (excluding diaryl/α,β-unsaturated/α-hetero) is 1. The van der Waals surface area contributed by atoms with Crippen molar-refractivity contribution < 1.29 is 66.1 Å². The first kappa shape index (κ1) is 17.0. The van der Waals surface area contributed by atoms with E-state index in [2.05, 4.69) is 6.92 Å². The number of carbonyl (C=O) groups excluding carboxylic acids is 1. The maximum atomic E-state index is 9.87. The molecule has 0 spiro atoms. The normalized spacial score (nSPS) is 6.30. The third kappa shape index (κ3) is 23.3. The third-order valence-corrected chi connectivity index (χ3v) is 0.400. The zero-order chi connectivity index (χ0) is 7.86. The van der Waals surface area contributed by atoms with Gasteiger partial charge in [-0.3, -0.25) is 9.59 Å². The van der Waals surface area contributed by atoms with Gasteiger partial charge in [0.15, 0.2) is 0 Å². The molecule has 0 aliphatic heterocycles. The minimum Gasteiger partial charge on any atom is -0.481 e. The Morgan fingerprint density at radius 2 is 1.70 bits per heavy atom. The predicted octanol–water partition coefficient (Wildman–Crippen LogP) is -2.11. The molecule has 0 rings (SSSR count). The maximum Gasteiger partial charge on any atom is 1.00 e. The predicted molar refractivity (Wildman–Crippen MR) is 34.0 cm³/mol. The van der Waals surface area contributed by atoms with E-state index in [1.807, 2.05) is 0 Å². The van der Waals surface area contributed by atoms with Gasteiger partial charge in [0.05, 0.1) is 0 Å². The van der Waals surface area contributed by atoms with Gasteiger partial charge in [0.25, 0.3) is 0 Å². The van der Waals surface area contributed by atoms with E-state index in [9.17, 15) is 9.59 Å². The number of hydrogen-bond donors (Lipinski definition) is 1. The molecular formula is C6H11KO3. The van der Waals surface area contributed by atoms with Crippen LogP contribution in [0.4, 0.5) is 0 Å². The van der Waals surface area contributed by atoms with Crippen LogP contribution >= 0.6 is 0 Å². The fourth-order valence-corrected chi connectivity index (χ4v) is 0.213. The van der Waals surface area contributed by atoms with Crippen molar-refractivity contribution in [2.75, 3.05) is 0 Å². The van der Waals surface area contributed by atoms with Gasteiger partial charge in [0, 0.05) is 0 Å². The number of carboxylic acid groups (broad SMARTS) is 1. The van der Waals surface area contributed by atoms with Gasteiger partial charge in [-0.1, -0.05) is 0 Å². The van der Waals surface area contributed by atoms with Crippen LogP contribution in [0, 0.1) is 6.92 Å². The first-order valence-corrected chi connectivity index (χ1v) is 2.55. The molecule has 4 heteroatoms. The fraction of sp³-hybridized carbons (Fsp3) is 0.500. The number of carbonyl (C=O) groups is 2. The maximum absolute atomic E-state index is 9.87. The van der Waals surface area contributed by atoms with Gasteiger partial charge in [-0.05, 0) is 6.92 Å². The van der Waals surface area contributed by atoms with Crippen LogP contribution in [-0.2, 0) is 9.59 Å². The molecule has 54 valence electrons. The molecular weight excluding hydrogens is 159 g/mol. The zero-order valence-electron chi connectivity index (χ0n) is 6.68. The molecule has 0 heterocycles. The Balaban J connectivity index is -0.000000149. The van der Waals surface area contributed by atoms with Crippen molar-refractivity contribution in [3.05, 3.63) is 6.92 Å². The van der Waals surface area contributed by atoms with Crippen molar-refractivity contribution in [2.45, 2.75) is 20.3 Å². The van der Waals surface area contributed by atoms with Crippen molar-refractivity contribution >= 4 is 11.8 Å². The molecule has 0 amide bonds. The molecule has 0 saturated heterocycles. The third-order valence-electron chi connectivity index (χ3n) is 0.400. The van der Waals surface area contributed by atoms with Crippen LogP contribution in [0.1, 0.15) is 20.3 Å². The minimum atomic E-state index is -1.06. The monoisotopic (exact) mass is 170 g/mol. The second-order valence-corrected chi connectivity index (χ2v) is 1.27. The van der Waals surface area contributed by atoms with E-state index in [0.717, 1.165) is 0 Å². The molecule has 0 fully saturated rings. The van der Waals surface area contributed by atoms with Gasteiger partial charge in [-0.25, -0.2) is 0 Å². The van der Waals surface area contributed by atoms with Crippen LogP contribution in [0.2, 0.25) is 0 Å². The van der Waals surface area contributed by atoms with E-state index >= 15 is 0 Å². The van der Waals surface area contributed by atoms with Crippen molar-refractivity contribution in [1.82, 2.24) is 0 Å². The molecule has 0 aromatic carbocycles. The Hall–Kier alpha value is 0.776. The Morgan fingerprint density at radius 3 is 1.70 bits per heavy atom. The summed E-state index contributed by atoms with van der Waals surface area (Å²) in [5.41, 5.74) is 0. The van der Waals surface area contributed by atoms with Gasteiger partial charge >= 0.3 is 57.4 Å². The summed E-state index contributed by atoms with van der Waals surface area (Å²) in [6, 6.07) is 0. The Kier molecular flexibility index (Phi) is 21.2. The Labute approximate surface area is 104 Å². The van der Waals surface area contributed by atoms with Gasteiger partial charge < -0.3 is 12.0 Å². The average molecular weight is 170 g/mol. The Bertz CT molecular complexity index is 89.2. The Morgan fingerprint density at radius 1 is 1.40 bits per heavy atom. The quantitative estimate of drug-likeness (QED) is 0.293. The van der Waals surface area contributed by atoms with E-state index in [4.69, 9.17) is 5.11 Å². The molecule has 3 nitrogen and oxygen atoms in total. The molecule has 0 aliphatic rings. The van der Waals surface area contributed by atoms with Crippen molar-refractivity contribution in [1.29, 1.82) is 0 Å². The van der Waals surface area contributed by atoms with E-state index in [1.165, 1.54) is 6.92 Å². The minimum absolute atomic E-state index is 0. The molecule has 0 unspecified atom stereocenters. The summed E-state index contributed by atoms with van der Waals surface area (Å²) in [5.74, 6) is -1.37. The van der Waals surface area contributed by atoms with Crippen molar-refractivity contribution in [3.8, 4) is 0 Å². The van der Waals surface area contributed by atoms with Crippen LogP contribution in [0.25, 0.3) is 0 Å². The summed E-state index contributed by atoms with van der Waals surface area (Å²) >= 11 is 0. The van der Waals surface area contributed by atoms with Crippen LogP contribution in [0.3, 0.4) is 0 Å². The number of carboxylic acids is 1. The largest absolute Gasteiger partial charge is 1.00 e. The summed E-state index contributed by atoms with van der Waals surface area (Å²) in [7, 11) is 0. The van der Waals surface area contributed by atoms with Crippen LogP contribution < -0.4 is 51.4 Å². The van der Waals surface area contributed by atoms with Gasteiger partial charge in [0.2, 0.25) is 0 Å². The van der Waals surface area contributed by atoms with Gasteiger partial charge in [-0.2, -0.15) is 6.92 Å². The molecule has 0 aromatic heterocycles. The van der Waals surface area contributed by atoms with Crippen LogP contribution in [-0.4, -0.2) is 16.9 Å². The number of rotatable bonds is 2. The number of ketones is 1. The smallest absolute Gasteiger partial charge is 0.481 e. The van der Waals surface area contributed by atoms with Crippen molar-refractivity contribution in [2.24, 2.45) is 0 Å². The van der Waals surface area contributed by atoms with E-state index in [-0.39, 0.29) is 63.6 Å². The first-order valence-electron chi connectivity index (χ1n) is 2.55. The fourth-order valence-electron chi connectivity index (χ4n) is 0.213. The summed E-state index contributed by atoms with van der Waals surface area (Å²) in [4.78, 5) is 19.5. The molecule has 0 saturated carbocycles. The van der Waals surface area contributed by atoms with Crippen LogP contribution in [0.5, 0.6) is 0 Å². The zero-order valence-corrected chi connectivity index (χ0v) is 9.80. The van der Waals surface area contributed by atoms with Crippen LogP contribution in [0.15, 0.2) is 0 Å². The van der Waals surface area contributed by atoms with E-state index < -0.39 is 5.97 Å². The second-order valence-electron chi connectivity index (χ2n) is 1.27. The molecule has 1 N–H and O–H groups in total. The van der Waals surface area contributed by atoms with E-state index in [1.54, 1.807) is 6.92 Å². The summed E-state index contributed by atoms with van der Waals surface area (Å²) < 4.78 is 0. The van der Waals surface area contributed by atoms with E-state index in [0.29, 0.717) is 0 Å². The van der Waals surface area contributed by atoms with Crippen molar-refractivity contribution in [3.63, 3.8) is 0 Å². The summed E-state index contributed by atoms with van der Waals surface area (Å²) in [6.07, 6.45) is -0.361. The van der Waals surface area contributed by atoms with Gasteiger partial charge in [-0.15, -0.1) is 0 Å². The average Bonchev–Trinajstić information content (AvgIpc) is 1.68. The summed E-state index contributed by atoms with van der Waals surface area (Å²) in [6.45, 7) is 6.24. The number of aliphatic carboxylic acids is 1. The molecule has 10 heavy (non-hydrogen) atoms. The number of hydrogen-bond acceptors (Lipinski definition) is 2. The molecule has 0 aliphatic carbocycles.